The van der Waals surface area contributed by atoms with Gasteiger partial charge in [0, 0.05) is 24.3 Å². The number of carbonyl (C=O) groups is 1. The summed E-state index contributed by atoms with van der Waals surface area (Å²) in [7, 11) is 1.61. The number of para-hydroxylation sites is 1. The number of amides is 1. The van der Waals surface area contributed by atoms with E-state index in [1.165, 1.54) is 11.3 Å². The third-order valence-electron chi connectivity index (χ3n) is 4.98. The number of benzene rings is 2. The van der Waals surface area contributed by atoms with Gasteiger partial charge in [-0.25, -0.2) is 0 Å². The van der Waals surface area contributed by atoms with E-state index in [0.29, 0.717) is 12.1 Å². The number of carbonyl (C=O) groups excluding carboxylic acids is 1. The van der Waals surface area contributed by atoms with E-state index >= 15 is 0 Å². The molecule has 0 saturated heterocycles. The minimum Gasteiger partial charge on any atom is -0.497 e. The van der Waals surface area contributed by atoms with Crippen LogP contribution in [-0.4, -0.2) is 26.1 Å². The number of nitrogens with one attached hydrogen (secondary N) is 1. The first kappa shape index (κ1) is 17.2. The zero-order valence-electron chi connectivity index (χ0n) is 15.2. The summed E-state index contributed by atoms with van der Waals surface area (Å²) in [5, 5.41) is 3.05. The van der Waals surface area contributed by atoms with E-state index < -0.39 is 0 Å². The lowest BCUT2D eigenvalue weighted by molar-refractivity contribution is 0.0950. The van der Waals surface area contributed by atoms with Gasteiger partial charge in [-0.05, 0) is 54.4 Å². The Balaban J connectivity index is 1.52. The van der Waals surface area contributed by atoms with Crippen LogP contribution in [0.4, 0.5) is 5.69 Å². The van der Waals surface area contributed by atoms with Gasteiger partial charge in [-0.3, -0.25) is 4.79 Å². The Morgan fingerprint density at radius 2 is 1.96 bits per heavy atom. The normalized spacial score (nSPS) is 13.9. The molecule has 5 heteroatoms. The Hall–Kier alpha value is -3.21. The molecule has 0 aliphatic carbocycles. The number of anilines is 1. The van der Waals surface area contributed by atoms with Gasteiger partial charge >= 0.3 is 0 Å². The molecule has 0 bridgehead atoms. The van der Waals surface area contributed by atoms with E-state index in [1.807, 2.05) is 18.2 Å². The summed E-state index contributed by atoms with van der Waals surface area (Å²) in [6.45, 7) is 1.37. The van der Waals surface area contributed by atoms with Gasteiger partial charge in [0.15, 0.2) is 0 Å². The summed E-state index contributed by atoms with van der Waals surface area (Å²) in [4.78, 5) is 14.9. The molecule has 1 aliphatic heterocycles. The molecule has 0 unspecified atom stereocenters. The molecule has 4 rings (SSSR count). The monoisotopic (exact) mass is 362 g/mol. The van der Waals surface area contributed by atoms with Gasteiger partial charge in [0.2, 0.25) is 0 Å². The van der Waals surface area contributed by atoms with Crippen LogP contribution in [0, 0.1) is 0 Å². The molecule has 1 aliphatic rings. The molecule has 27 heavy (non-hydrogen) atoms. The van der Waals surface area contributed by atoms with Crippen molar-refractivity contribution in [2.75, 3.05) is 25.1 Å². The Kier molecular flexibility index (Phi) is 4.83. The molecule has 0 saturated carbocycles. The first-order valence-electron chi connectivity index (χ1n) is 9.06. The van der Waals surface area contributed by atoms with Crippen molar-refractivity contribution in [3.05, 3.63) is 83.8 Å². The average Bonchev–Trinajstić information content (AvgIpc) is 3.39. The summed E-state index contributed by atoms with van der Waals surface area (Å²) in [6, 6.07) is 19.3. The molecule has 1 aromatic heterocycles. The molecule has 1 N–H and O–H groups in total. The molecule has 2 heterocycles. The number of fused-ring (bicyclic) bond motifs is 1. The minimum atomic E-state index is -0.110. The molecule has 2 aromatic carbocycles. The predicted octanol–water partition coefficient (Wildman–Crippen LogP) is 3.82. The van der Waals surface area contributed by atoms with Crippen molar-refractivity contribution in [2.24, 2.45) is 0 Å². The highest BCUT2D eigenvalue weighted by Crippen LogP contribution is 2.35. The van der Waals surface area contributed by atoms with Crippen molar-refractivity contribution in [1.29, 1.82) is 0 Å². The zero-order chi connectivity index (χ0) is 18.6. The molecule has 0 fully saturated rings. The fourth-order valence-corrected chi connectivity index (χ4v) is 3.57. The molecule has 0 spiro atoms. The summed E-state index contributed by atoms with van der Waals surface area (Å²) in [6.07, 6.45) is 2.68. The van der Waals surface area contributed by atoms with Gasteiger partial charge in [-0.15, -0.1) is 0 Å². The van der Waals surface area contributed by atoms with Gasteiger partial charge in [0.05, 0.1) is 13.4 Å². The highest BCUT2D eigenvalue weighted by atomic mass is 16.5. The minimum absolute atomic E-state index is 0.0501. The highest BCUT2D eigenvalue weighted by Gasteiger charge is 2.29. The SMILES string of the molecule is COc1ccc(C(=O)NC[C@@H](c2ccco2)N2CCc3ccccc32)cc1. The van der Waals surface area contributed by atoms with Gasteiger partial charge in [-0.2, -0.15) is 0 Å². The zero-order valence-corrected chi connectivity index (χ0v) is 15.2. The van der Waals surface area contributed by atoms with Gasteiger partial charge < -0.3 is 19.4 Å². The van der Waals surface area contributed by atoms with Crippen molar-refractivity contribution < 1.29 is 13.9 Å². The van der Waals surface area contributed by atoms with Gasteiger partial charge in [0.1, 0.15) is 17.6 Å². The number of hydrogen-bond acceptors (Lipinski definition) is 4. The third-order valence-corrected chi connectivity index (χ3v) is 4.98. The van der Waals surface area contributed by atoms with Crippen LogP contribution in [-0.2, 0) is 6.42 Å². The molecular weight excluding hydrogens is 340 g/mol. The molecule has 138 valence electrons. The van der Waals surface area contributed by atoms with E-state index in [4.69, 9.17) is 9.15 Å². The molecule has 3 aromatic rings. The second-order valence-corrected chi connectivity index (χ2v) is 6.54. The van der Waals surface area contributed by atoms with Crippen molar-refractivity contribution in [2.45, 2.75) is 12.5 Å². The van der Waals surface area contributed by atoms with Crippen molar-refractivity contribution in [3.63, 3.8) is 0 Å². The largest absolute Gasteiger partial charge is 0.497 e. The second-order valence-electron chi connectivity index (χ2n) is 6.54. The fraction of sp³-hybridized carbons (Fsp3) is 0.227. The number of hydrogen-bond donors (Lipinski definition) is 1. The lowest BCUT2D eigenvalue weighted by Gasteiger charge is -2.29. The van der Waals surface area contributed by atoms with E-state index in [0.717, 1.165) is 24.5 Å². The Labute approximate surface area is 158 Å². The predicted molar refractivity (Wildman–Crippen MR) is 104 cm³/mol. The Morgan fingerprint density at radius 3 is 2.70 bits per heavy atom. The third kappa shape index (κ3) is 3.53. The molecular formula is C22H22N2O3. The Morgan fingerprint density at radius 1 is 1.15 bits per heavy atom. The number of ether oxygens (including phenoxy) is 1. The van der Waals surface area contributed by atoms with Gasteiger partial charge in [-0.1, -0.05) is 18.2 Å². The molecule has 1 atom stereocenters. The number of nitrogens with zero attached hydrogens (tertiary/aromatic N) is 1. The van der Waals surface area contributed by atoms with Crippen LogP contribution in [0.15, 0.2) is 71.3 Å². The fourth-order valence-electron chi connectivity index (χ4n) is 3.57. The number of furan rings is 1. The molecule has 5 nitrogen and oxygen atoms in total. The lowest BCUT2D eigenvalue weighted by atomic mass is 10.1. The van der Waals surface area contributed by atoms with E-state index in [1.54, 1.807) is 37.6 Å². The summed E-state index contributed by atoms with van der Waals surface area (Å²) >= 11 is 0. The van der Waals surface area contributed by atoms with E-state index in [-0.39, 0.29) is 11.9 Å². The summed E-state index contributed by atoms with van der Waals surface area (Å²) in [5.41, 5.74) is 3.14. The average molecular weight is 362 g/mol. The number of methoxy groups -OCH3 is 1. The van der Waals surface area contributed by atoms with E-state index in [9.17, 15) is 4.79 Å². The second kappa shape index (κ2) is 7.58. The van der Waals surface area contributed by atoms with Crippen molar-refractivity contribution in [3.8, 4) is 5.75 Å². The summed E-state index contributed by atoms with van der Waals surface area (Å²) in [5.74, 6) is 1.47. The van der Waals surface area contributed by atoms with E-state index in [2.05, 4.69) is 28.4 Å². The van der Waals surface area contributed by atoms with Crippen molar-refractivity contribution in [1.82, 2.24) is 5.32 Å². The quantitative estimate of drug-likeness (QED) is 0.724. The lowest BCUT2D eigenvalue weighted by Crippen LogP contribution is -2.37. The topological polar surface area (TPSA) is 54.7 Å². The van der Waals surface area contributed by atoms with Crippen LogP contribution in [0.25, 0.3) is 0 Å². The van der Waals surface area contributed by atoms with Crippen LogP contribution in [0.1, 0.15) is 27.7 Å². The summed E-state index contributed by atoms with van der Waals surface area (Å²) < 4.78 is 10.8. The van der Waals surface area contributed by atoms with Crippen LogP contribution in [0.5, 0.6) is 5.75 Å². The van der Waals surface area contributed by atoms with Crippen molar-refractivity contribution >= 4 is 11.6 Å². The number of rotatable bonds is 6. The van der Waals surface area contributed by atoms with Crippen LogP contribution < -0.4 is 15.0 Å². The molecule has 1 amide bonds. The Bertz CT molecular complexity index is 904. The standard InChI is InChI=1S/C22H22N2O3/c1-26-18-10-8-17(9-11-18)22(25)23-15-20(21-7-4-14-27-21)24-13-12-16-5-2-3-6-19(16)24/h2-11,14,20H,12-13,15H2,1H3,(H,23,25)/t20-/m0/s1. The maximum absolute atomic E-state index is 12.6. The first-order valence-corrected chi connectivity index (χ1v) is 9.06. The smallest absolute Gasteiger partial charge is 0.251 e. The molecule has 0 radical (unpaired) electrons. The van der Waals surface area contributed by atoms with Crippen LogP contribution in [0.2, 0.25) is 0 Å². The maximum Gasteiger partial charge on any atom is 0.251 e. The van der Waals surface area contributed by atoms with Crippen LogP contribution in [0.3, 0.4) is 0 Å². The van der Waals surface area contributed by atoms with Crippen LogP contribution >= 0.6 is 0 Å². The maximum atomic E-state index is 12.6. The first-order chi connectivity index (χ1) is 13.3. The van der Waals surface area contributed by atoms with Gasteiger partial charge in [0.25, 0.3) is 5.91 Å². The highest BCUT2D eigenvalue weighted by molar-refractivity contribution is 5.94.